The first-order valence-electron chi connectivity index (χ1n) is 7.72. The summed E-state index contributed by atoms with van der Waals surface area (Å²) in [6.07, 6.45) is 0.237. The van der Waals surface area contributed by atoms with Gasteiger partial charge in [0.25, 0.3) is 0 Å². The highest BCUT2D eigenvalue weighted by Gasteiger charge is 2.19. The zero-order valence-corrected chi connectivity index (χ0v) is 13.0. The maximum absolute atomic E-state index is 13.2. The van der Waals surface area contributed by atoms with Crippen LogP contribution in [0.4, 0.5) is 8.78 Å². The van der Waals surface area contributed by atoms with Gasteiger partial charge in [-0.2, -0.15) is 0 Å². The quantitative estimate of drug-likeness (QED) is 0.577. The number of carbonyl (C=O) groups is 1. The summed E-state index contributed by atoms with van der Waals surface area (Å²) in [5.74, 6) is -0.912. The van der Waals surface area contributed by atoms with Crippen LogP contribution in [-0.2, 0) is 0 Å². The fraction of sp³-hybridized carbons (Fsp3) is 0.0952. The summed E-state index contributed by atoms with van der Waals surface area (Å²) >= 11 is 0. The van der Waals surface area contributed by atoms with Gasteiger partial charge in [-0.05, 0) is 35.4 Å². The SMILES string of the molecule is O=C(CC(c1ccc(F)cc1)c1ccc(F)cc1)c1ccccc1. The van der Waals surface area contributed by atoms with Crippen LogP contribution in [0.25, 0.3) is 0 Å². The summed E-state index contributed by atoms with van der Waals surface area (Å²) in [5, 5.41) is 0. The van der Waals surface area contributed by atoms with E-state index in [4.69, 9.17) is 0 Å². The van der Waals surface area contributed by atoms with E-state index in [0.717, 1.165) is 11.1 Å². The van der Waals surface area contributed by atoms with Crippen molar-refractivity contribution in [2.24, 2.45) is 0 Å². The van der Waals surface area contributed by atoms with Gasteiger partial charge in [0.2, 0.25) is 0 Å². The van der Waals surface area contributed by atoms with Gasteiger partial charge in [-0.3, -0.25) is 4.79 Å². The van der Waals surface area contributed by atoms with Crippen molar-refractivity contribution in [1.82, 2.24) is 0 Å². The van der Waals surface area contributed by atoms with Gasteiger partial charge in [0.05, 0.1) is 0 Å². The Kier molecular flexibility index (Phi) is 4.80. The lowest BCUT2D eigenvalue weighted by Crippen LogP contribution is -2.09. The molecule has 0 amide bonds. The largest absolute Gasteiger partial charge is 0.294 e. The van der Waals surface area contributed by atoms with Crippen molar-refractivity contribution in [2.75, 3.05) is 0 Å². The average molecular weight is 322 g/mol. The summed E-state index contributed by atoms with van der Waals surface area (Å²) in [6.45, 7) is 0. The second kappa shape index (κ2) is 7.18. The van der Waals surface area contributed by atoms with E-state index in [9.17, 15) is 13.6 Å². The summed E-state index contributed by atoms with van der Waals surface area (Å²) < 4.78 is 26.4. The van der Waals surface area contributed by atoms with Gasteiger partial charge in [-0.1, -0.05) is 54.6 Å². The molecule has 0 aromatic heterocycles. The zero-order chi connectivity index (χ0) is 16.9. The Labute approximate surface area is 139 Å². The zero-order valence-electron chi connectivity index (χ0n) is 13.0. The maximum atomic E-state index is 13.2. The lowest BCUT2D eigenvalue weighted by atomic mass is 9.86. The molecule has 1 nitrogen and oxygen atoms in total. The Bertz CT molecular complexity index is 763. The van der Waals surface area contributed by atoms with E-state index in [1.54, 1.807) is 36.4 Å². The summed E-state index contributed by atoms with van der Waals surface area (Å²) in [5.41, 5.74) is 2.28. The number of hydrogen-bond acceptors (Lipinski definition) is 1. The van der Waals surface area contributed by atoms with Crippen molar-refractivity contribution >= 4 is 5.78 Å². The molecule has 3 aromatic rings. The molecule has 3 rings (SSSR count). The molecular formula is C21H16F2O. The van der Waals surface area contributed by atoms with Crippen LogP contribution in [0.2, 0.25) is 0 Å². The first-order chi connectivity index (χ1) is 11.6. The lowest BCUT2D eigenvalue weighted by molar-refractivity contribution is 0.0977. The fourth-order valence-electron chi connectivity index (χ4n) is 2.75. The summed E-state index contributed by atoms with van der Waals surface area (Å²) in [4.78, 5) is 12.6. The Balaban J connectivity index is 1.94. The van der Waals surface area contributed by atoms with E-state index in [2.05, 4.69) is 0 Å². The summed E-state index contributed by atoms with van der Waals surface area (Å²) in [7, 11) is 0. The Hall–Kier alpha value is -2.81. The predicted octanol–water partition coefficient (Wildman–Crippen LogP) is 5.37. The highest BCUT2D eigenvalue weighted by Crippen LogP contribution is 2.30. The molecular weight excluding hydrogens is 306 g/mol. The molecule has 3 heteroatoms. The van der Waals surface area contributed by atoms with Crippen LogP contribution in [0.1, 0.15) is 33.8 Å². The number of benzene rings is 3. The molecule has 24 heavy (non-hydrogen) atoms. The van der Waals surface area contributed by atoms with Crippen LogP contribution >= 0.6 is 0 Å². The standard InChI is InChI=1S/C21H16F2O/c22-18-10-6-15(7-11-18)20(16-8-12-19(23)13-9-16)14-21(24)17-4-2-1-3-5-17/h1-13,20H,14H2. The number of rotatable bonds is 5. The third-order valence-corrected chi connectivity index (χ3v) is 4.03. The monoisotopic (exact) mass is 322 g/mol. The molecule has 0 radical (unpaired) electrons. The van der Waals surface area contributed by atoms with Crippen LogP contribution in [0, 0.1) is 11.6 Å². The maximum Gasteiger partial charge on any atom is 0.163 e. The second-order valence-corrected chi connectivity index (χ2v) is 5.65. The van der Waals surface area contributed by atoms with Gasteiger partial charge in [0.15, 0.2) is 5.78 Å². The number of hydrogen-bond donors (Lipinski definition) is 0. The molecule has 3 aromatic carbocycles. The molecule has 0 spiro atoms. The van der Waals surface area contributed by atoms with Gasteiger partial charge in [0, 0.05) is 17.9 Å². The molecule has 0 fully saturated rings. The molecule has 0 heterocycles. The average Bonchev–Trinajstić information content (AvgIpc) is 2.62. The first-order valence-corrected chi connectivity index (χ1v) is 7.72. The van der Waals surface area contributed by atoms with Crippen molar-refractivity contribution in [3.63, 3.8) is 0 Å². The Morgan fingerprint density at radius 3 is 1.62 bits per heavy atom. The van der Waals surface area contributed by atoms with Crippen molar-refractivity contribution in [1.29, 1.82) is 0 Å². The Morgan fingerprint density at radius 1 is 0.708 bits per heavy atom. The molecule has 0 aliphatic heterocycles. The van der Waals surface area contributed by atoms with E-state index >= 15 is 0 Å². The first kappa shape index (κ1) is 16.1. The van der Waals surface area contributed by atoms with Gasteiger partial charge >= 0.3 is 0 Å². The summed E-state index contributed by atoms with van der Waals surface area (Å²) in [6, 6.07) is 21.2. The van der Waals surface area contributed by atoms with Crippen LogP contribution in [0.15, 0.2) is 78.9 Å². The second-order valence-electron chi connectivity index (χ2n) is 5.65. The normalized spacial score (nSPS) is 10.8. The van der Waals surface area contributed by atoms with E-state index in [0.29, 0.717) is 5.56 Å². The highest BCUT2D eigenvalue weighted by molar-refractivity contribution is 5.96. The molecule has 0 saturated carbocycles. The number of ketones is 1. The smallest absolute Gasteiger partial charge is 0.163 e. The van der Waals surface area contributed by atoms with E-state index in [-0.39, 0.29) is 29.8 Å². The van der Waals surface area contributed by atoms with E-state index in [1.807, 2.05) is 18.2 Å². The predicted molar refractivity (Wildman–Crippen MR) is 90.0 cm³/mol. The third kappa shape index (κ3) is 3.74. The van der Waals surface area contributed by atoms with Crippen molar-refractivity contribution in [3.8, 4) is 0 Å². The highest BCUT2D eigenvalue weighted by atomic mass is 19.1. The minimum absolute atomic E-state index is 0.00532. The molecule has 0 unspecified atom stereocenters. The molecule has 0 aliphatic rings. The molecule has 0 saturated heterocycles. The lowest BCUT2D eigenvalue weighted by Gasteiger charge is -2.17. The van der Waals surface area contributed by atoms with Gasteiger partial charge in [-0.25, -0.2) is 8.78 Å². The van der Waals surface area contributed by atoms with Crippen LogP contribution in [0.3, 0.4) is 0 Å². The van der Waals surface area contributed by atoms with Crippen molar-refractivity contribution in [2.45, 2.75) is 12.3 Å². The molecule has 0 aliphatic carbocycles. The van der Waals surface area contributed by atoms with Gasteiger partial charge < -0.3 is 0 Å². The fourth-order valence-corrected chi connectivity index (χ4v) is 2.75. The van der Waals surface area contributed by atoms with E-state index in [1.165, 1.54) is 24.3 Å². The topological polar surface area (TPSA) is 17.1 Å². The van der Waals surface area contributed by atoms with Crippen LogP contribution in [-0.4, -0.2) is 5.78 Å². The minimum atomic E-state index is -0.328. The molecule has 0 atom stereocenters. The molecule has 0 bridgehead atoms. The Morgan fingerprint density at radius 2 is 1.17 bits per heavy atom. The van der Waals surface area contributed by atoms with E-state index < -0.39 is 0 Å². The molecule has 120 valence electrons. The number of halogens is 2. The molecule has 0 N–H and O–H groups in total. The number of carbonyl (C=O) groups excluding carboxylic acids is 1. The van der Waals surface area contributed by atoms with Gasteiger partial charge in [0.1, 0.15) is 11.6 Å². The van der Waals surface area contributed by atoms with Gasteiger partial charge in [-0.15, -0.1) is 0 Å². The van der Waals surface area contributed by atoms with Crippen LogP contribution in [0.5, 0.6) is 0 Å². The van der Waals surface area contributed by atoms with Crippen molar-refractivity contribution in [3.05, 3.63) is 107 Å². The third-order valence-electron chi connectivity index (χ3n) is 4.03. The van der Waals surface area contributed by atoms with Crippen LogP contribution < -0.4 is 0 Å². The number of Topliss-reactive ketones (excluding diaryl/α,β-unsaturated/α-hetero) is 1. The van der Waals surface area contributed by atoms with Crippen molar-refractivity contribution < 1.29 is 13.6 Å². The minimum Gasteiger partial charge on any atom is -0.294 e.